The molecule has 3 aliphatic rings. The number of hydrogen-bond donors (Lipinski definition) is 0. The van der Waals surface area contributed by atoms with Gasteiger partial charge < -0.3 is 0 Å². The van der Waals surface area contributed by atoms with Crippen LogP contribution in [-0.4, -0.2) is 29.3 Å². The van der Waals surface area contributed by atoms with E-state index in [4.69, 9.17) is 0 Å². The Labute approximate surface area is 93.0 Å². The van der Waals surface area contributed by atoms with Gasteiger partial charge in [-0.3, -0.25) is 9.69 Å². The Morgan fingerprint density at radius 1 is 1.20 bits per heavy atom. The second-order valence-electron chi connectivity index (χ2n) is 6.16. The molecule has 0 aromatic carbocycles. The smallest absolute Gasteiger partial charge is 0.141 e. The zero-order valence-electron chi connectivity index (χ0n) is 10.4. The third-order valence-electron chi connectivity index (χ3n) is 4.07. The highest BCUT2D eigenvalue weighted by atomic mass is 16.1. The van der Waals surface area contributed by atoms with E-state index >= 15 is 0 Å². The third-order valence-corrected chi connectivity index (χ3v) is 4.07. The SMILES string of the molecule is CCN1C2CC(C(=O)C(C)(C)C)C[C@@H]1C2. The van der Waals surface area contributed by atoms with E-state index in [2.05, 4.69) is 11.8 Å². The van der Waals surface area contributed by atoms with Gasteiger partial charge in [-0.05, 0) is 25.8 Å². The number of Topliss-reactive ketones (excluding diaryl/α,β-unsaturated/α-hetero) is 1. The standard InChI is InChI=1S/C13H23NO/c1-5-14-10-6-9(7-11(14)8-10)12(15)13(2,3)4/h9-11H,5-8H2,1-4H3/t9?,10-,11?/m1/s1. The summed E-state index contributed by atoms with van der Waals surface area (Å²) >= 11 is 0. The maximum Gasteiger partial charge on any atom is 0.141 e. The lowest BCUT2D eigenvalue weighted by Crippen LogP contribution is -2.61. The number of carbonyl (C=O) groups excluding carboxylic acids is 1. The van der Waals surface area contributed by atoms with Gasteiger partial charge in [-0.1, -0.05) is 27.7 Å². The number of hydrogen-bond acceptors (Lipinski definition) is 2. The van der Waals surface area contributed by atoms with Crippen LogP contribution in [0.3, 0.4) is 0 Å². The zero-order valence-corrected chi connectivity index (χ0v) is 10.4. The van der Waals surface area contributed by atoms with Crippen LogP contribution in [0.15, 0.2) is 0 Å². The molecule has 2 bridgehead atoms. The van der Waals surface area contributed by atoms with Crippen molar-refractivity contribution >= 4 is 5.78 Å². The lowest BCUT2D eigenvalue weighted by Gasteiger charge is -2.55. The summed E-state index contributed by atoms with van der Waals surface area (Å²) in [7, 11) is 0. The van der Waals surface area contributed by atoms with Gasteiger partial charge in [0.2, 0.25) is 0 Å². The maximum absolute atomic E-state index is 12.2. The molecule has 2 saturated heterocycles. The van der Waals surface area contributed by atoms with E-state index in [0.29, 0.717) is 23.8 Å². The van der Waals surface area contributed by atoms with Gasteiger partial charge in [0.25, 0.3) is 0 Å². The predicted molar refractivity (Wildman–Crippen MR) is 61.8 cm³/mol. The third kappa shape index (κ3) is 1.84. The first-order valence-electron chi connectivity index (χ1n) is 6.23. The van der Waals surface area contributed by atoms with Crippen LogP contribution < -0.4 is 0 Å². The Balaban J connectivity index is 1.97. The first-order valence-corrected chi connectivity index (χ1v) is 6.23. The molecule has 1 saturated carbocycles. The average Bonchev–Trinajstić information content (AvgIpc) is 2.16. The Morgan fingerprint density at radius 3 is 2.13 bits per heavy atom. The predicted octanol–water partition coefficient (Wildman–Crippen LogP) is 2.47. The first-order chi connectivity index (χ1) is 6.93. The van der Waals surface area contributed by atoms with Crippen molar-refractivity contribution in [1.29, 1.82) is 0 Å². The van der Waals surface area contributed by atoms with Crippen LogP contribution in [0.5, 0.6) is 0 Å². The van der Waals surface area contributed by atoms with Gasteiger partial charge in [0.15, 0.2) is 0 Å². The van der Waals surface area contributed by atoms with Crippen molar-refractivity contribution in [3.05, 3.63) is 0 Å². The average molecular weight is 209 g/mol. The molecule has 2 heteroatoms. The van der Waals surface area contributed by atoms with Crippen LogP contribution in [0.2, 0.25) is 0 Å². The van der Waals surface area contributed by atoms with Crippen LogP contribution in [0.25, 0.3) is 0 Å². The van der Waals surface area contributed by atoms with E-state index in [1.165, 1.54) is 6.42 Å². The van der Waals surface area contributed by atoms with Crippen molar-refractivity contribution in [3.8, 4) is 0 Å². The van der Waals surface area contributed by atoms with Gasteiger partial charge in [0.1, 0.15) is 5.78 Å². The minimum absolute atomic E-state index is 0.147. The van der Waals surface area contributed by atoms with Crippen molar-refractivity contribution in [3.63, 3.8) is 0 Å². The highest BCUT2D eigenvalue weighted by Gasteiger charge is 2.47. The van der Waals surface area contributed by atoms with Crippen LogP contribution in [0, 0.1) is 11.3 Å². The Bertz CT molecular complexity index is 254. The van der Waals surface area contributed by atoms with Crippen molar-refractivity contribution in [2.45, 2.75) is 59.0 Å². The fourth-order valence-electron chi connectivity index (χ4n) is 3.30. The number of nitrogens with zero attached hydrogens (tertiary/aromatic N) is 1. The number of piperidine rings is 1. The van der Waals surface area contributed by atoms with Gasteiger partial charge in [0, 0.05) is 23.4 Å². The molecule has 0 aromatic rings. The molecule has 3 atom stereocenters. The van der Waals surface area contributed by atoms with Gasteiger partial charge >= 0.3 is 0 Å². The Hall–Kier alpha value is -0.370. The molecular formula is C13H23NO. The van der Waals surface area contributed by atoms with E-state index in [1.807, 2.05) is 20.8 Å². The summed E-state index contributed by atoms with van der Waals surface area (Å²) in [5.74, 6) is 0.824. The molecule has 0 aromatic heterocycles. The van der Waals surface area contributed by atoms with Gasteiger partial charge in [-0.2, -0.15) is 0 Å². The lowest BCUT2D eigenvalue weighted by molar-refractivity contribution is -0.138. The molecule has 2 heterocycles. The Morgan fingerprint density at radius 2 is 1.73 bits per heavy atom. The summed E-state index contributed by atoms with van der Waals surface area (Å²) in [5, 5.41) is 0. The molecule has 3 fully saturated rings. The minimum Gasteiger partial charge on any atom is -0.299 e. The summed E-state index contributed by atoms with van der Waals surface area (Å²) in [5.41, 5.74) is -0.147. The molecule has 15 heavy (non-hydrogen) atoms. The van der Waals surface area contributed by atoms with Gasteiger partial charge in [-0.15, -0.1) is 0 Å². The van der Waals surface area contributed by atoms with Crippen molar-refractivity contribution in [1.82, 2.24) is 4.90 Å². The normalized spacial score (nSPS) is 36.1. The van der Waals surface area contributed by atoms with Gasteiger partial charge in [0.05, 0.1) is 0 Å². The molecule has 3 rings (SSSR count). The summed E-state index contributed by atoms with van der Waals surface area (Å²) < 4.78 is 0. The maximum atomic E-state index is 12.2. The van der Waals surface area contributed by atoms with Crippen LogP contribution in [0.4, 0.5) is 0 Å². The molecule has 2 unspecified atom stereocenters. The molecule has 0 N–H and O–H groups in total. The summed E-state index contributed by atoms with van der Waals surface area (Å²) in [6.07, 6.45) is 3.56. The quantitative estimate of drug-likeness (QED) is 0.696. The van der Waals surface area contributed by atoms with Crippen molar-refractivity contribution in [2.75, 3.05) is 6.54 Å². The van der Waals surface area contributed by atoms with Crippen LogP contribution in [0.1, 0.15) is 47.0 Å². The Kier molecular flexibility index (Phi) is 2.66. The minimum atomic E-state index is -0.147. The second-order valence-corrected chi connectivity index (χ2v) is 6.16. The summed E-state index contributed by atoms with van der Waals surface area (Å²) in [6, 6.07) is 1.43. The van der Waals surface area contributed by atoms with Crippen molar-refractivity contribution in [2.24, 2.45) is 11.3 Å². The fourth-order valence-corrected chi connectivity index (χ4v) is 3.30. The zero-order chi connectivity index (χ0) is 11.2. The van der Waals surface area contributed by atoms with E-state index in [1.54, 1.807) is 0 Å². The molecule has 2 nitrogen and oxygen atoms in total. The lowest BCUT2D eigenvalue weighted by atomic mass is 9.68. The second kappa shape index (κ2) is 3.58. The number of ketones is 1. The summed E-state index contributed by atoms with van der Waals surface area (Å²) in [4.78, 5) is 14.7. The molecule has 86 valence electrons. The van der Waals surface area contributed by atoms with Gasteiger partial charge in [-0.25, -0.2) is 0 Å². The fraction of sp³-hybridized carbons (Fsp3) is 0.923. The highest BCUT2D eigenvalue weighted by molar-refractivity contribution is 5.86. The van der Waals surface area contributed by atoms with E-state index < -0.39 is 0 Å². The van der Waals surface area contributed by atoms with Crippen molar-refractivity contribution < 1.29 is 4.79 Å². The summed E-state index contributed by atoms with van der Waals surface area (Å²) in [6.45, 7) is 9.53. The molecular weight excluding hydrogens is 186 g/mol. The van der Waals surface area contributed by atoms with Crippen LogP contribution in [-0.2, 0) is 4.79 Å². The van der Waals surface area contributed by atoms with Crippen LogP contribution >= 0.6 is 0 Å². The molecule has 2 aliphatic heterocycles. The largest absolute Gasteiger partial charge is 0.299 e. The number of carbonyl (C=O) groups is 1. The topological polar surface area (TPSA) is 20.3 Å². The molecule has 0 amide bonds. The van der Waals surface area contributed by atoms with E-state index in [0.717, 1.165) is 19.4 Å². The number of fused-ring (bicyclic) bond motifs is 2. The van der Waals surface area contributed by atoms with E-state index in [9.17, 15) is 4.79 Å². The highest BCUT2D eigenvalue weighted by Crippen LogP contribution is 2.43. The molecule has 0 spiro atoms. The molecule has 0 radical (unpaired) electrons. The monoisotopic (exact) mass is 209 g/mol. The first kappa shape index (κ1) is 11.1. The molecule has 1 aliphatic carbocycles. The van der Waals surface area contributed by atoms with E-state index in [-0.39, 0.29) is 5.41 Å². The number of rotatable bonds is 2.